The molecule has 0 aromatic carbocycles. The fourth-order valence-corrected chi connectivity index (χ4v) is 4.76. The van der Waals surface area contributed by atoms with Gasteiger partial charge in [0.2, 0.25) is 0 Å². The molecule has 1 rings (SSSR count). The van der Waals surface area contributed by atoms with Gasteiger partial charge in [0.1, 0.15) is 5.37 Å². The molecule has 1 atom stereocenters. The summed E-state index contributed by atoms with van der Waals surface area (Å²) in [5.74, 6) is 0.917. The van der Waals surface area contributed by atoms with Gasteiger partial charge in [-0.3, -0.25) is 4.90 Å². The monoisotopic (exact) mass is 341 g/mol. The van der Waals surface area contributed by atoms with Crippen molar-refractivity contribution in [1.82, 2.24) is 4.90 Å². The fourth-order valence-electron chi connectivity index (χ4n) is 1.68. The maximum absolute atomic E-state index is 12.5. The second kappa shape index (κ2) is 8.21. The van der Waals surface area contributed by atoms with Crippen molar-refractivity contribution in [2.75, 3.05) is 30.3 Å². The van der Waals surface area contributed by atoms with Gasteiger partial charge in [0.05, 0.1) is 0 Å². The van der Waals surface area contributed by atoms with Crippen LogP contribution < -0.4 is 51.4 Å². The summed E-state index contributed by atoms with van der Waals surface area (Å²) in [6.07, 6.45) is 0. The maximum Gasteiger partial charge on any atom is 1.00 e. The SMILES string of the molecule is C=C(CN1CCSCC1S(=O)(=O)CC)[B-](F)(F)F.[K+]. The Labute approximate surface area is 159 Å². The Morgan fingerprint density at radius 2 is 2.05 bits per heavy atom. The third kappa shape index (κ3) is 6.01. The molecule has 106 valence electrons. The van der Waals surface area contributed by atoms with Crippen molar-refractivity contribution in [3.8, 4) is 0 Å². The zero-order valence-corrected chi connectivity index (χ0v) is 15.9. The number of hydrogen-bond acceptors (Lipinski definition) is 4. The minimum Gasteiger partial charge on any atom is -0.445 e. The van der Waals surface area contributed by atoms with Crippen LogP contribution in [0.1, 0.15) is 6.92 Å². The molecule has 19 heavy (non-hydrogen) atoms. The molecular weight excluding hydrogens is 325 g/mol. The van der Waals surface area contributed by atoms with Crippen LogP contribution in [0.2, 0.25) is 0 Å². The van der Waals surface area contributed by atoms with Crippen LogP contribution in [0.4, 0.5) is 12.9 Å². The molecule has 0 radical (unpaired) electrons. The van der Waals surface area contributed by atoms with E-state index in [0.717, 1.165) is 0 Å². The summed E-state index contributed by atoms with van der Waals surface area (Å²) in [5.41, 5.74) is -0.835. The number of nitrogens with zero attached hydrogens (tertiary/aromatic N) is 1. The number of sulfone groups is 1. The van der Waals surface area contributed by atoms with E-state index in [-0.39, 0.29) is 57.1 Å². The van der Waals surface area contributed by atoms with Gasteiger partial charge in [0.25, 0.3) is 0 Å². The quantitative estimate of drug-likeness (QED) is 0.586. The third-order valence-electron chi connectivity index (χ3n) is 2.88. The van der Waals surface area contributed by atoms with Crippen molar-refractivity contribution in [2.24, 2.45) is 0 Å². The molecule has 1 heterocycles. The zero-order valence-electron chi connectivity index (χ0n) is 11.1. The minimum absolute atomic E-state index is 0. The normalized spacial score (nSPS) is 21.8. The number of thioether (sulfide) groups is 1. The predicted molar refractivity (Wildman–Crippen MR) is 70.4 cm³/mol. The summed E-state index contributed by atoms with van der Waals surface area (Å²) in [7, 11) is -3.36. The maximum atomic E-state index is 12.5. The predicted octanol–water partition coefficient (Wildman–Crippen LogP) is -1.26. The smallest absolute Gasteiger partial charge is 0.445 e. The second-order valence-corrected chi connectivity index (χ2v) is 7.78. The molecule has 0 aliphatic carbocycles. The minimum atomic E-state index is -5.10. The molecule has 0 spiro atoms. The molecule has 1 unspecified atom stereocenters. The molecule has 1 aliphatic heterocycles. The summed E-state index contributed by atoms with van der Waals surface area (Å²) in [6, 6.07) is 0. The zero-order chi connectivity index (χ0) is 14.0. The summed E-state index contributed by atoms with van der Waals surface area (Å²) in [5, 5.41) is -0.823. The van der Waals surface area contributed by atoms with E-state index in [4.69, 9.17) is 0 Å². The standard InChI is InChI=1S/C9H16BF3NO2S2.K/c1-3-18(15,16)9-7-17-5-4-14(9)6-8(2)10(11,12)13;/h9H,2-7H2,1H3;/q-1;+1. The van der Waals surface area contributed by atoms with Gasteiger partial charge in [-0.2, -0.15) is 11.8 Å². The van der Waals surface area contributed by atoms with Crippen molar-refractivity contribution in [3.05, 3.63) is 12.1 Å². The van der Waals surface area contributed by atoms with Crippen molar-refractivity contribution in [2.45, 2.75) is 12.3 Å². The Hall–Kier alpha value is 1.49. The van der Waals surface area contributed by atoms with Crippen LogP contribution in [0.5, 0.6) is 0 Å². The Balaban J connectivity index is 0.00000324. The van der Waals surface area contributed by atoms with Crippen LogP contribution in [0.15, 0.2) is 12.1 Å². The fraction of sp³-hybridized carbons (Fsp3) is 0.778. The van der Waals surface area contributed by atoms with Gasteiger partial charge >= 0.3 is 58.4 Å². The van der Waals surface area contributed by atoms with Crippen molar-refractivity contribution in [1.29, 1.82) is 0 Å². The summed E-state index contributed by atoms with van der Waals surface area (Å²) < 4.78 is 61.1. The first kappa shape index (κ1) is 20.5. The van der Waals surface area contributed by atoms with E-state index in [2.05, 4.69) is 6.58 Å². The van der Waals surface area contributed by atoms with Gasteiger partial charge in [0, 0.05) is 23.8 Å². The molecule has 0 bridgehead atoms. The van der Waals surface area contributed by atoms with Crippen molar-refractivity contribution >= 4 is 28.6 Å². The van der Waals surface area contributed by atoms with E-state index in [1.807, 2.05) is 0 Å². The molecular formula is C9H16BF3KNO2S2. The van der Waals surface area contributed by atoms with Crippen LogP contribution in [0.25, 0.3) is 0 Å². The molecule has 0 amide bonds. The first-order chi connectivity index (χ1) is 8.18. The molecule has 0 aromatic heterocycles. The van der Waals surface area contributed by atoms with E-state index >= 15 is 0 Å². The van der Waals surface area contributed by atoms with E-state index in [9.17, 15) is 21.4 Å². The Bertz CT molecular complexity index is 416. The van der Waals surface area contributed by atoms with Crippen molar-refractivity contribution in [3.63, 3.8) is 0 Å². The van der Waals surface area contributed by atoms with Gasteiger partial charge in [-0.05, 0) is 6.54 Å². The molecule has 1 aliphatic rings. The first-order valence-electron chi connectivity index (χ1n) is 5.59. The average Bonchev–Trinajstić information content (AvgIpc) is 2.28. The largest absolute Gasteiger partial charge is 1.00 e. The van der Waals surface area contributed by atoms with Crippen molar-refractivity contribution < 1.29 is 72.7 Å². The average molecular weight is 341 g/mol. The van der Waals surface area contributed by atoms with Crippen LogP contribution in [-0.4, -0.2) is 56.0 Å². The third-order valence-corrected chi connectivity index (χ3v) is 6.21. The molecule has 0 saturated carbocycles. The number of halogens is 3. The Kier molecular flexibility index (Phi) is 8.85. The Morgan fingerprint density at radius 1 is 1.47 bits per heavy atom. The van der Waals surface area contributed by atoms with Gasteiger partial charge in [-0.25, -0.2) is 8.42 Å². The van der Waals surface area contributed by atoms with Gasteiger partial charge in [-0.15, -0.1) is 12.1 Å². The van der Waals surface area contributed by atoms with E-state index in [1.54, 1.807) is 0 Å². The van der Waals surface area contributed by atoms with Crippen LogP contribution in [0, 0.1) is 0 Å². The molecule has 0 aromatic rings. The molecule has 0 N–H and O–H groups in total. The number of hydrogen-bond donors (Lipinski definition) is 0. The van der Waals surface area contributed by atoms with Gasteiger partial charge in [0.15, 0.2) is 9.84 Å². The van der Waals surface area contributed by atoms with Gasteiger partial charge in [-0.1, -0.05) is 6.92 Å². The summed E-state index contributed by atoms with van der Waals surface area (Å²) in [4.78, 5) is 1.38. The Morgan fingerprint density at radius 3 is 2.53 bits per heavy atom. The van der Waals surface area contributed by atoms with Crippen LogP contribution in [0.3, 0.4) is 0 Å². The topological polar surface area (TPSA) is 37.4 Å². The molecule has 1 saturated heterocycles. The summed E-state index contributed by atoms with van der Waals surface area (Å²) >= 11 is 1.46. The van der Waals surface area contributed by atoms with Gasteiger partial charge < -0.3 is 12.9 Å². The van der Waals surface area contributed by atoms with Crippen LogP contribution >= 0.6 is 11.8 Å². The van der Waals surface area contributed by atoms with Crippen LogP contribution in [-0.2, 0) is 9.84 Å². The van der Waals surface area contributed by atoms with E-state index < -0.39 is 34.2 Å². The summed E-state index contributed by atoms with van der Waals surface area (Å²) in [6.45, 7) is -0.634. The second-order valence-electron chi connectivity index (χ2n) is 4.18. The molecule has 10 heteroatoms. The molecule has 3 nitrogen and oxygen atoms in total. The number of rotatable bonds is 5. The molecule has 1 fully saturated rings. The van der Waals surface area contributed by atoms with E-state index in [0.29, 0.717) is 18.1 Å². The van der Waals surface area contributed by atoms with E-state index in [1.165, 1.54) is 23.6 Å². The first-order valence-corrected chi connectivity index (χ1v) is 8.46.